The number of aryl methyl sites for hydroxylation is 1. The molecule has 1 amide bonds. The summed E-state index contributed by atoms with van der Waals surface area (Å²) in [5.74, 6) is 0.0455. The lowest BCUT2D eigenvalue weighted by atomic mass is 10.2. The van der Waals surface area contributed by atoms with Crippen molar-refractivity contribution >= 4 is 11.9 Å². The summed E-state index contributed by atoms with van der Waals surface area (Å²) in [6, 6.07) is 1.80. The largest absolute Gasteiger partial charge is 0.469 e. The number of carbonyl (C=O) groups is 2. The predicted octanol–water partition coefficient (Wildman–Crippen LogP) is 0.0910. The number of aromatic nitrogens is 4. The number of methoxy groups -OCH3 is 1. The SMILES string of the molecule is COC(=O)CC[n+]1ccc(-c2ncc(C(=O)N(C)C)cn2)cn1. The molecule has 0 bridgehead atoms. The first kappa shape index (κ1) is 16.5. The molecule has 0 fully saturated rings. The second-order valence-electron chi connectivity index (χ2n) is 5.00. The van der Waals surface area contributed by atoms with Crippen LogP contribution >= 0.6 is 0 Å². The average molecular weight is 316 g/mol. The molecule has 0 aliphatic carbocycles. The summed E-state index contributed by atoms with van der Waals surface area (Å²) in [5, 5.41) is 4.20. The van der Waals surface area contributed by atoms with Gasteiger partial charge in [0.2, 0.25) is 0 Å². The highest BCUT2D eigenvalue weighted by Crippen LogP contribution is 2.11. The fourth-order valence-electron chi connectivity index (χ4n) is 1.80. The number of hydrogen-bond acceptors (Lipinski definition) is 6. The van der Waals surface area contributed by atoms with Gasteiger partial charge in [-0.3, -0.25) is 9.59 Å². The summed E-state index contributed by atoms with van der Waals surface area (Å²) < 4.78 is 6.21. The molecular weight excluding hydrogens is 298 g/mol. The van der Waals surface area contributed by atoms with E-state index in [1.165, 1.54) is 24.4 Å². The maximum absolute atomic E-state index is 11.8. The minimum absolute atomic E-state index is 0.150. The highest BCUT2D eigenvalue weighted by Gasteiger charge is 2.12. The molecule has 0 unspecified atom stereocenters. The summed E-state index contributed by atoms with van der Waals surface area (Å²) in [5.41, 5.74) is 1.15. The quantitative estimate of drug-likeness (QED) is 0.574. The van der Waals surface area contributed by atoms with Crippen molar-refractivity contribution in [3.05, 3.63) is 36.4 Å². The van der Waals surface area contributed by atoms with Crippen LogP contribution in [0.3, 0.4) is 0 Å². The van der Waals surface area contributed by atoms with Crippen molar-refractivity contribution in [1.29, 1.82) is 0 Å². The zero-order valence-corrected chi connectivity index (χ0v) is 13.3. The Balaban J connectivity index is 2.07. The number of hydrogen-bond donors (Lipinski definition) is 0. The van der Waals surface area contributed by atoms with E-state index < -0.39 is 0 Å². The van der Waals surface area contributed by atoms with Crippen molar-refractivity contribution in [3.63, 3.8) is 0 Å². The summed E-state index contributed by atoms with van der Waals surface area (Å²) in [4.78, 5) is 32.7. The highest BCUT2D eigenvalue weighted by molar-refractivity contribution is 5.93. The van der Waals surface area contributed by atoms with Gasteiger partial charge in [0.05, 0.1) is 12.7 Å². The summed E-state index contributed by atoms with van der Waals surface area (Å²) in [7, 11) is 4.69. The van der Waals surface area contributed by atoms with Gasteiger partial charge in [-0.15, -0.1) is 0 Å². The van der Waals surface area contributed by atoms with E-state index >= 15 is 0 Å². The van der Waals surface area contributed by atoms with Gasteiger partial charge in [0.15, 0.2) is 18.6 Å². The van der Waals surface area contributed by atoms with Gasteiger partial charge in [0.25, 0.3) is 5.91 Å². The molecule has 8 heteroatoms. The summed E-state index contributed by atoms with van der Waals surface area (Å²) >= 11 is 0. The summed E-state index contributed by atoms with van der Waals surface area (Å²) in [6.45, 7) is 0.435. The van der Waals surface area contributed by atoms with Crippen LogP contribution in [0.5, 0.6) is 0 Å². The van der Waals surface area contributed by atoms with Gasteiger partial charge < -0.3 is 9.64 Å². The standard InChI is InChI=1S/C15H18N5O3/c1-19(2)15(22)12-8-16-14(17-9-12)11-4-6-20(18-10-11)7-5-13(21)23-3/h4,6,8-10H,5,7H2,1-3H3/q+1. The van der Waals surface area contributed by atoms with Gasteiger partial charge in [-0.25, -0.2) is 9.97 Å². The van der Waals surface area contributed by atoms with Gasteiger partial charge in [0.1, 0.15) is 12.6 Å². The molecule has 2 heterocycles. The minimum atomic E-state index is -0.284. The van der Waals surface area contributed by atoms with E-state index in [1.807, 2.05) is 0 Å². The van der Waals surface area contributed by atoms with Crippen LogP contribution in [0, 0.1) is 0 Å². The molecule has 0 saturated carbocycles. The van der Waals surface area contributed by atoms with E-state index in [2.05, 4.69) is 19.8 Å². The third-order valence-electron chi connectivity index (χ3n) is 3.11. The monoisotopic (exact) mass is 316 g/mol. The molecule has 0 spiro atoms. The lowest BCUT2D eigenvalue weighted by Crippen LogP contribution is -2.38. The maximum Gasteiger partial charge on any atom is 0.312 e. The Morgan fingerprint density at radius 1 is 1.22 bits per heavy atom. The fraction of sp³-hybridized carbons (Fsp3) is 0.333. The second kappa shape index (κ2) is 7.39. The van der Waals surface area contributed by atoms with Crippen LogP contribution in [0.2, 0.25) is 0 Å². The van der Waals surface area contributed by atoms with Gasteiger partial charge >= 0.3 is 5.97 Å². The zero-order chi connectivity index (χ0) is 16.8. The average Bonchev–Trinajstić information content (AvgIpc) is 2.59. The van der Waals surface area contributed by atoms with Crippen LogP contribution in [0.1, 0.15) is 16.8 Å². The lowest BCUT2D eigenvalue weighted by molar-refractivity contribution is -0.752. The Labute approximate surface area is 133 Å². The van der Waals surface area contributed by atoms with Crippen molar-refractivity contribution in [1.82, 2.24) is 20.0 Å². The molecule has 120 valence electrons. The minimum Gasteiger partial charge on any atom is -0.469 e. The number of esters is 1. The van der Waals surface area contributed by atoms with Gasteiger partial charge in [-0.2, -0.15) is 0 Å². The van der Waals surface area contributed by atoms with Crippen LogP contribution in [0.25, 0.3) is 11.4 Å². The van der Waals surface area contributed by atoms with E-state index in [0.717, 1.165) is 5.56 Å². The first-order valence-corrected chi connectivity index (χ1v) is 6.98. The first-order chi connectivity index (χ1) is 11.0. The Morgan fingerprint density at radius 2 is 1.91 bits per heavy atom. The Bertz CT molecular complexity index is 683. The smallest absolute Gasteiger partial charge is 0.312 e. The number of amides is 1. The molecule has 2 aromatic heterocycles. The van der Waals surface area contributed by atoms with Crippen LogP contribution in [-0.4, -0.2) is 53.0 Å². The van der Waals surface area contributed by atoms with E-state index in [0.29, 0.717) is 17.9 Å². The summed E-state index contributed by atoms with van der Waals surface area (Å²) in [6.07, 6.45) is 6.58. The topological polar surface area (TPSA) is 89.2 Å². The molecular formula is C15H18N5O3+. The van der Waals surface area contributed by atoms with Crippen molar-refractivity contribution < 1.29 is 19.0 Å². The van der Waals surface area contributed by atoms with Crippen LogP contribution in [0.15, 0.2) is 30.9 Å². The molecule has 2 aromatic rings. The molecule has 8 nitrogen and oxygen atoms in total. The number of carbonyl (C=O) groups excluding carboxylic acids is 2. The first-order valence-electron chi connectivity index (χ1n) is 6.98. The fourth-order valence-corrected chi connectivity index (χ4v) is 1.80. The van der Waals surface area contributed by atoms with Crippen molar-refractivity contribution in [2.75, 3.05) is 21.2 Å². The Hall–Kier alpha value is -2.90. The van der Waals surface area contributed by atoms with Crippen molar-refractivity contribution in [2.24, 2.45) is 0 Å². The second-order valence-corrected chi connectivity index (χ2v) is 5.00. The molecule has 0 aliphatic rings. The van der Waals surface area contributed by atoms with Gasteiger partial charge in [0, 0.05) is 38.1 Å². The highest BCUT2D eigenvalue weighted by atomic mass is 16.5. The lowest BCUT2D eigenvalue weighted by Gasteiger charge is -2.09. The number of rotatable bonds is 5. The van der Waals surface area contributed by atoms with Crippen LogP contribution in [0.4, 0.5) is 0 Å². The normalized spacial score (nSPS) is 10.2. The van der Waals surface area contributed by atoms with Gasteiger partial charge in [-0.1, -0.05) is 4.68 Å². The number of ether oxygens (including phenoxy) is 1. The van der Waals surface area contributed by atoms with E-state index in [9.17, 15) is 9.59 Å². The number of nitrogens with zero attached hydrogens (tertiary/aromatic N) is 5. The van der Waals surface area contributed by atoms with Crippen LogP contribution in [-0.2, 0) is 16.1 Å². The molecule has 0 aliphatic heterocycles. The molecule has 23 heavy (non-hydrogen) atoms. The van der Waals surface area contributed by atoms with Crippen LogP contribution < -0.4 is 4.68 Å². The van der Waals surface area contributed by atoms with E-state index in [-0.39, 0.29) is 18.3 Å². The molecule has 0 saturated heterocycles. The Kier molecular flexibility index (Phi) is 5.29. The molecule has 0 aromatic carbocycles. The Morgan fingerprint density at radius 3 is 2.43 bits per heavy atom. The van der Waals surface area contributed by atoms with E-state index in [4.69, 9.17) is 0 Å². The maximum atomic E-state index is 11.8. The molecule has 0 radical (unpaired) electrons. The van der Waals surface area contributed by atoms with Gasteiger partial charge in [-0.05, 0) is 5.10 Å². The van der Waals surface area contributed by atoms with Crippen molar-refractivity contribution in [3.8, 4) is 11.4 Å². The molecule has 0 atom stereocenters. The predicted molar refractivity (Wildman–Crippen MR) is 80.1 cm³/mol. The third kappa shape index (κ3) is 4.29. The third-order valence-corrected chi connectivity index (χ3v) is 3.11. The van der Waals surface area contributed by atoms with E-state index in [1.54, 1.807) is 37.2 Å². The zero-order valence-electron chi connectivity index (χ0n) is 13.3. The molecule has 0 N–H and O–H groups in total. The van der Waals surface area contributed by atoms with Crippen molar-refractivity contribution in [2.45, 2.75) is 13.0 Å². The molecule has 2 rings (SSSR count).